The summed E-state index contributed by atoms with van der Waals surface area (Å²) in [5.74, 6) is -0.135. The highest BCUT2D eigenvalue weighted by molar-refractivity contribution is 6.04. The van der Waals surface area contributed by atoms with Gasteiger partial charge in [-0.3, -0.25) is 9.59 Å². The lowest BCUT2D eigenvalue weighted by Crippen LogP contribution is -2.24. The fourth-order valence-electron chi connectivity index (χ4n) is 3.26. The minimum absolute atomic E-state index is 0.0322. The van der Waals surface area contributed by atoms with Gasteiger partial charge in [-0.2, -0.15) is 5.10 Å². The lowest BCUT2D eigenvalue weighted by molar-refractivity contribution is -0.117. The third-order valence-electron chi connectivity index (χ3n) is 4.71. The Hall–Kier alpha value is -3.68. The maximum atomic E-state index is 13.1. The number of hydrogen-bond donors (Lipinski definition) is 1. The number of anilines is 2. The van der Waals surface area contributed by atoms with Crippen molar-refractivity contribution < 1.29 is 18.7 Å². The van der Waals surface area contributed by atoms with E-state index in [9.17, 15) is 14.0 Å². The standard InChI is InChI=1S/C21H19FN4O3/c1-29-19-9-6-15(13-18(19)25-11-2-3-20(25)27)23-21(28)17-10-12-26(24-17)16-7-4-14(22)5-8-16/h4-10,12-13H,2-3,11H2,1H3,(H,23,28). The van der Waals surface area contributed by atoms with Gasteiger partial charge < -0.3 is 15.0 Å². The molecule has 1 aromatic heterocycles. The summed E-state index contributed by atoms with van der Waals surface area (Å²) in [4.78, 5) is 26.4. The number of nitrogens with one attached hydrogen (secondary N) is 1. The highest BCUT2D eigenvalue weighted by Gasteiger charge is 2.25. The molecule has 0 aliphatic carbocycles. The van der Waals surface area contributed by atoms with Gasteiger partial charge in [-0.05, 0) is 55.0 Å². The monoisotopic (exact) mass is 394 g/mol. The summed E-state index contributed by atoms with van der Waals surface area (Å²) in [7, 11) is 1.54. The number of ether oxygens (including phenoxy) is 1. The van der Waals surface area contributed by atoms with Crippen LogP contribution in [0.3, 0.4) is 0 Å². The van der Waals surface area contributed by atoms with Crippen LogP contribution >= 0.6 is 0 Å². The smallest absolute Gasteiger partial charge is 0.276 e. The van der Waals surface area contributed by atoms with Crippen molar-refractivity contribution in [2.75, 3.05) is 23.9 Å². The Morgan fingerprint density at radius 2 is 1.97 bits per heavy atom. The zero-order valence-electron chi connectivity index (χ0n) is 15.8. The summed E-state index contributed by atoms with van der Waals surface area (Å²) in [6.45, 7) is 0.620. The number of benzene rings is 2. The molecule has 1 N–H and O–H groups in total. The number of hydrogen-bond acceptors (Lipinski definition) is 4. The Balaban J connectivity index is 1.54. The van der Waals surface area contributed by atoms with Crippen LogP contribution in [0.15, 0.2) is 54.7 Å². The average Bonchev–Trinajstić information content (AvgIpc) is 3.38. The topological polar surface area (TPSA) is 76.5 Å². The summed E-state index contributed by atoms with van der Waals surface area (Å²) in [6, 6.07) is 12.5. The van der Waals surface area contributed by atoms with Crippen molar-refractivity contribution in [2.24, 2.45) is 0 Å². The number of carbonyl (C=O) groups is 2. The molecule has 2 amide bonds. The Morgan fingerprint density at radius 3 is 2.66 bits per heavy atom. The van der Waals surface area contributed by atoms with Gasteiger partial charge in [0.2, 0.25) is 5.91 Å². The van der Waals surface area contributed by atoms with E-state index in [2.05, 4.69) is 10.4 Å². The predicted molar refractivity (Wildman–Crippen MR) is 106 cm³/mol. The molecule has 1 saturated heterocycles. The molecule has 148 valence electrons. The second kappa shape index (κ2) is 7.75. The molecule has 3 aromatic rings. The number of amides is 2. The molecule has 0 bridgehead atoms. The van der Waals surface area contributed by atoms with E-state index in [1.807, 2.05) is 0 Å². The number of methoxy groups -OCH3 is 1. The molecule has 8 heteroatoms. The minimum atomic E-state index is -0.394. The molecule has 0 spiro atoms. The van der Waals surface area contributed by atoms with Crippen LogP contribution in [0, 0.1) is 5.82 Å². The normalized spacial score (nSPS) is 13.6. The van der Waals surface area contributed by atoms with Gasteiger partial charge in [0, 0.05) is 24.8 Å². The van der Waals surface area contributed by atoms with E-state index >= 15 is 0 Å². The molecule has 1 aliphatic heterocycles. The van der Waals surface area contributed by atoms with E-state index < -0.39 is 5.91 Å². The molecular weight excluding hydrogens is 375 g/mol. The second-order valence-corrected chi connectivity index (χ2v) is 6.61. The SMILES string of the molecule is COc1ccc(NC(=O)c2ccn(-c3ccc(F)cc3)n2)cc1N1CCCC1=O. The first-order chi connectivity index (χ1) is 14.0. The third kappa shape index (κ3) is 3.82. The lowest BCUT2D eigenvalue weighted by Gasteiger charge is -2.20. The van der Waals surface area contributed by atoms with Crippen LogP contribution in [0.25, 0.3) is 5.69 Å². The van der Waals surface area contributed by atoms with E-state index in [-0.39, 0.29) is 17.4 Å². The highest BCUT2D eigenvalue weighted by Crippen LogP contribution is 2.34. The molecule has 0 radical (unpaired) electrons. The van der Waals surface area contributed by atoms with Gasteiger partial charge in [0.15, 0.2) is 5.69 Å². The van der Waals surface area contributed by atoms with Gasteiger partial charge in [0.05, 0.1) is 18.5 Å². The maximum absolute atomic E-state index is 13.1. The van der Waals surface area contributed by atoms with Crippen LogP contribution in [0.1, 0.15) is 23.3 Å². The van der Waals surface area contributed by atoms with Crippen LogP contribution < -0.4 is 15.0 Å². The first-order valence-electron chi connectivity index (χ1n) is 9.16. The van der Waals surface area contributed by atoms with E-state index in [0.717, 1.165) is 6.42 Å². The first kappa shape index (κ1) is 18.7. The van der Waals surface area contributed by atoms with Crippen molar-refractivity contribution in [3.63, 3.8) is 0 Å². The summed E-state index contributed by atoms with van der Waals surface area (Å²) in [6.07, 6.45) is 2.92. The molecule has 0 unspecified atom stereocenters. The molecular formula is C21H19FN4O3. The van der Waals surface area contributed by atoms with Gasteiger partial charge in [0.1, 0.15) is 11.6 Å². The van der Waals surface area contributed by atoms with E-state index in [1.165, 1.54) is 16.8 Å². The molecule has 7 nitrogen and oxygen atoms in total. The predicted octanol–water partition coefficient (Wildman–Crippen LogP) is 3.40. The second-order valence-electron chi connectivity index (χ2n) is 6.61. The lowest BCUT2D eigenvalue weighted by atomic mass is 10.2. The number of aromatic nitrogens is 2. The van der Waals surface area contributed by atoms with Crippen molar-refractivity contribution in [3.05, 3.63) is 66.2 Å². The average molecular weight is 394 g/mol. The summed E-state index contributed by atoms with van der Waals surface area (Å²) in [5.41, 5.74) is 2.01. The van der Waals surface area contributed by atoms with Crippen molar-refractivity contribution in [2.45, 2.75) is 12.8 Å². The molecule has 2 aromatic carbocycles. The van der Waals surface area contributed by atoms with Gasteiger partial charge in [0.25, 0.3) is 5.91 Å². The Kier molecular flexibility index (Phi) is 4.99. The Morgan fingerprint density at radius 1 is 1.17 bits per heavy atom. The minimum Gasteiger partial charge on any atom is -0.495 e. The molecule has 2 heterocycles. The fourth-order valence-corrected chi connectivity index (χ4v) is 3.26. The zero-order valence-corrected chi connectivity index (χ0v) is 15.8. The number of nitrogens with zero attached hydrogens (tertiary/aromatic N) is 3. The third-order valence-corrected chi connectivity index (χ3v) is 4.71. The molecule has 0 atom stereocenters. The molecule has 29 heavy (non-hydrogen) atoms. The Labute approximate surface area is 166 Å². The quantitative estimate of drug-likeness (QED) is 0.720. The van der Waals surface area contributed by atoms with Crippen molar-refractivity contribution in [1.82, 2.24) is 9.78 Å². The van der Waals surface area contributed by atoms with E-state index in [4.69, 9.17) is 4.74 Å². The highest BCUT2D eigenvalue weighted by atomic mass is 19.1. The first-order valence-corrected chi connectivity index (χ1v) is 9.16. The van der Waals surface area contributed by atoms with Crippen molar-refractivity contribution in [1.29, 1.82) is 0 Å². The maximum Gasteiger partial charge on any atom is 0.276 e. The van der Waals surface area contributed by atoms with Crippen LogP contribution in [0.2, 0.25) is 0 Å². The molecule has 0 saturated carbocycles. The number of halogens is 1. The fraction of sp³-hybridized carbons (Fsp3) is 0.190. The largest absolute Gasteiger partial charge is 0.495 e. The zero-order chi connectivity index (χ0) is 20.4. The van der Waals surface area contributed by atoms with Crippen LogP contribution in [-0.2, 0) is 4.79 Å². The van der Waals surface area contributed by atoms with E-state index in [0.29, 0.717) is 35.8 Å². The molecule has 1 fully saturated rings. The number of rotatable bonds is 5. The molecule has 1 aliphatic rings. The van der Waals surface area contributed by atoms with Gasteiger partial charge in [-0.25, -0.2) is 9.07 Å². The summed E-state index contributed by atoms with van der Waals surface area (Å²) in [5, 5.41) is 7.04. The van der Waals surface area contributed by atoms with Crippen LogP contribution in [-0.4, -0.2) is 35.2 Å². The number of carbonyl (C=O) groups excluding carboxylic acids is 2. The van der Waals surface area contributed by atoms with Crippen molar-refractivity contribution >= 4 is 23.2 Å². The van der Waals surface area contributed by atoms with Gasteiger partial charge in [-0.15, -0.1) is 0 Å². The summed E-state index contributed by atoms with van der Waals surface area (Å²) < 4.78 is 19.9. The summed E-state index contributed by atoms with van der Waals surface area (Å²) >= 11 is 0. The van der Waals surface area contributed by atoms with E-state index in [1.54, 1.807) is 54.6 Å². The van der Waals surface area contributed by atoms with Crippen LogP contribution in [0.4, 0.5) is 15.8 Å². The van der Waals surface area contributed by atoms with Gasteiger partial charge >= 0.3 is 0 Å². The Bertz CT molecular complexity index is 1060. The van der Waals surface area contributed by atoms with Crippen LogP contribution in [0.5, 0.6) is 5.75 Å². The molecule has 4 rings (SSSR count). The van der Waals surface area contributed by atoms with Gasteiger partial charge in [-0.1, -0.05) is 0 Å². The van der Waals surface area contributed by atoms with Crippen molar-refractivity contribution in [3.8, 4) is 11.4 Å².